The molecule has 2 aromatic rings. The van der Waals surface area contributed by atoms with E-state index >= 15 is 0 Å². The Labute approximate surface area is 145 Å². The first-order chi connectivity index (χ1) is 9.90. The SMILES string of the molecule is CN(Cc1ccc(Br)cc1)c1ccc(C(N)=S)c(Br)c1F. The lowest BCUT2D eigenvalue weighted by Crippen LogP contribution is -2.19. The molecule has 0 aliphatic heterocycles. The minimum atomic E-state index is -0.361. The minimum absolute atomic E-state index is 0.169. The van der Waals surface area contributed by atoms with E-state index in [1.54, 1.807) is 12.1 Å². The predicted molar refractivity (Wildman–Crippen MR) is 96.2 cm³/mol. The van der Waals surface area contributed by atoms with Crippen LogP contribution in [0.25, 0.3) is 0 Å². The van der Waals surface area contributed by atoms with Crippen LogP contribution in [0, 0.1) is 5.82 Å². The van der Waals surface area contributed by atoms with Crippen molar-refractivity contribution in [1.82, 2.24) is 0 Å². The summed E-state index contributed by atoms with van der Waals surface area (Å²) >= 11 is 11.5. The summed E-state index contributed by atoms with van der Waals surface area (Å²) in [4.78, 5) is 2.01. The highest BCUT2D eigenvalue weighted by Crippen LogP contribution is 2.29. The summed E-state index contributed by atoms with van der Waals surface area (Å²) in [5, 5.41) is 0. The number of rotatable bonds is 4. The van der Waals surface area contributed by atoms with Gasteiger partial charge in [0, 0.05) is 23.6 Å². The predicted octanol–water partition coefficient (Wildman–Crippen LogP) is 4.62. The first-order valence-electron chi connectivity index (χ1n) is 6.13. The summed E-state index contributed by atoms with van der Waals surface area (Å²) in [6.45, 7) is 0.600. The quantitative estimate of drug-likeness (QED) is 0.716. The third-order valence-corrected chi connectivity index (χ3v) is 4.60. The molecule has 2 rings (SSSR count). The molecule has 0 amide bonds. The summed E-state index contributed by atoms with van der Waals surface area (Å²) < 4.78 is 15.7. The molecule has 0 aliphatic rings. The van der Waals surface area contributed by atoms with Gasteiger partial charge in [0.05, 0.1) is 10.2 Å². The van der Waals surface area contributed by atoms with Gasteiger partial charge in [-0.25, -0.2) is 4.39 Å². The minimum Gasteiger partial charge on any atom is -0.389 e. The van der Waals surface area contributed by atoms with E-state index in [1.165, 1.54) is 0 Å². The lowest BCUT2D eigenvalue weighted by atomic mass is 10.1. The smallest absolute Gasteiger partial charge is 0.161 e. The Bertz CT molecular complexity index is 674. The highest BCUT2D eigenvalue weighted by Gasteiger charge is 2.15. The van der Waals surface area contributed by atoms with Crippen LogP contribution in [0.3, 0.4) is 0 Å². The summed E-state index contributed by atoms with van der Waals surface area (Å²) in [7, 11) is 1.84. The van der Waals surface area contributed by atoms with Gasteiger partial charge in [-0.1, -0.05) is 40.3 Å². The molecular formula is C15H13Br2FN2S. The molecule has 0 saturated carbocycles. The zero-order valence-corrected chi connectivity index (χ0v) is 15.2. The number of anilines is 1. The highest BCUT2D eigenvalue weighted by molar-refractivity contribution is 9.10. The number of hydrogen-bond donors (Lipinski definition) is 1. The zero-order chi connectivity index (χ0) is 15.6. The zero-order valence-electron chi connectivity index (χ0n) is 11.2. The Morgan fingerprint density at radius 3 is 2.38 bits per heavy atom. The maximum atomic E-state index is 14.4. The maximum Gasteiger partial charge on any atom is 0.161 e. The van der Waals surface area contributed by atoms with Crippen molar-refractivity contribution in [2.45, 2.75) is 6.54 Å². The van der Waals surface area contributed by atoms with Crippen LogP contribution in [-0.2, 0) is 6.54 Å². The van der Waals surface area contributed by atoms with Crippen LogP contribution in [0.15, 0.2) is 45.3 Å². The molecule has 6 heteroatoms. The number of nitrogens with zero attached hydrogens (tertiary/aromatic N) is 1. The third-order valence-electron chi connectivity index (χ3n) is 3.07. The molecule has 0 saturated heterocycles. The van der Waals surface area contributed by atoms with Gasteiger partial charge in [0.15, 0.2) is 5.82 Å². The van der Waals surface area contributed by atoms with Gasteiger partial charge in [0.25, 0.3) is 0 Å². The normalized spacial score (nSPS) is 10.5. The van der Waals surface area contributed by atoms with Crippen molar-refractivity contribution in [3.63, 3.8) is 0 Å². The fraction of sp³-hybridized carbons (Fsp3) is 0.133. The largest absolute Gasteiger partial charge is 0.389 e. The Balaban J connectivity index is 2.27. The second-order valence-corrected chi connectivity index (χ2v) is 6.76. The van der Waals surface area contributed by atoms with Crippen molar-refractivity contribution in [2.75, 3.05) is 11.9 Å². The van der Waals surface area contributed by atoms with Gasteiger partial charge in [0.2, 0.25) is 0 Å². The molecule has 0 aliphatic carbocycles. The molecule has 0 unspecified atom stereocenters. The van der Waals surface area contributed by atoms with Gasteiger partial charge in [-0.05, 0) is 45.8 Å². The number of hydrogen-bond acceptors (Lipinski definition) is 2. The summed E-state index contributed by atoms with van der Waals surface area (Å²) in [5.74, 6) is -0.361. The van der Waals surface area contributed by atoms with E-state index in [-0.39, 0.29) is 10.8 Å². The average molecular weight is 432 g/mol. The van der Waals surface area contributed by atoms with Crippen LogP contribution in [0.2, 0.25) is 0 Å². The topological polar surface area (TPSA) is 29.3 Å². The molecule has 21 heavy (non-hydrogen) atoms. The number of benzene rings is 2. The van der Waals surface area contributed by atoms with E-state index in [4.69, 9.17) is 18.0 Å². The summed E-state index contributed by atoms with van der Waals surface area (Å²) in [5.41, 5.74) is 7.65. The molecule has 0 aromatic heterocycles. The van der Waals surface area contributed by atoms with Gasteiger partial charge < -0.3 is 10.6 Å². The fourth-order valence-corrected chi connectivity index (χ4v) is 3.09. The van der Waals surface area contributed by atoms with E-state index in [0.717, 1.165) is 10.0 Å². The Morgan fingerprint density at radius 2 is 1.81 bits per heavy atom. The van der Waals surface area contributed by atoms with E-state index in [1.807, 2.05) is 36.2 Å². The lowest BCUT2D eigenvalue weighted by Gasteiger charge is -2.21. The van der Waals surface area contributed by atoms with Crippen LogP contribution in [0.1, 0.15) is 11.1 Å². The van der Waals surface area contributed by atoms with Crippen LogP contribution >= 0.6 is 44.1 Å². The van der Waals surface area contributed by atoms with Crippen molar-refractivity contribution < 1.29 is 4.39 Å². The average Bonchev–Trinajstić information content (AvgIpc) is 2.43. The lowest BCUT2D eigenvalue weighted by molar-refractivity contribution is 0.615. The number of nitrogens with two attached hydrogens (primary N) is 1. The fourth-order valence-electron chi connectivity index (χ4n) is 1.97. The van der Waals surface area contributed by atoms with Crippen molar-refractivity contribution in [3.05, 3.63) is 62.3 Å². The first kappa shape index (κ1) is 16.4. The molecule has 0 spiro atoms. The molecule has 0 heterocycles. The van der Waals surface area contributed by atoms with Crippen molar-refractivity contribution in [2.24, 2.45) is 5.73 Å². The van der Waals surface area contributed by atoms with Crippen LogP contribution < -0.4 is 10.6 Å². The second-order valence-electron chi connectivity index (χ2n) is 4.61. The van der Waals surface area contributed by atoms with Crippen LogP contribution in [-0.4, -0.2) is 12.0 Å². The van der Waals surface area contributed by atoms with E-state index in [2.05, 4.69) is 31.9 Å². The van der Waals surface area contributed by atoms with E-state index < -0.39 is 0 Å². The maximum absolute atomic E-state index is 14.4. The molecule has 2 N–H and O–H groups in total. The van der Waals surface area contributed by atoms with Crippen LogP contribution in [0.5, 0.6) is 0 Å². The van der Waals surface area contributed by atoms with Gasteiger partial charge in [-0.3, -0.25) is 0 Å². The van der Waals surface area contributed by atoms with Crippen molar-refractivity contribution in [1.29, 1.82) is 0 Å². The molecular weight excluding hydrogens is 419 g/mol. The summed E-state index contributed by atoms with van der Waals surface area (Å²) in [6.07, 6.45) is 0. The van der Waals surface area contributed by atoms with Crippen LogP contribution in [0.4, 0.5) is 10.1 Å². The number of halogens is 3. The van der Waals surface area contributed by atoms with Gasteiger partial charge in [0.1, 0.15) is 4.99 Å². The molecule has 2 nitrogen and oxygen atoms in total. The monoisotopic (exact) mass is 430 g/mol. The molecule has 0 atom stereocenters. The molecule has 110 valence electrons. The first-order valence-corrected chi connectivity index (χ1v) is 8.13. The van der Waals surface area contributed by atoms with Crippen molar-refractivity contribution >= 4 is 54.8 Å². The number of thiocarbonyl (C=S) groups is 1. The molecule has 0 bridgehead atoms. The van der Waals surface area contributed by atoms with Gasteiger partial charge >= 0.3 is 0 Å². The standard InChI is InChI=1S/C15H13Br2FN2S/c1-20(8-9-2-4-10(16)5-3-9)12-7-6-11(15(19)21)13(17)14(12)18/h2-7H,8H2,1H3,(H2,19,21). The Kier molecular flexibility index (Phi) is 5.35. The Morgan fingerprint density at radius 1 is 1.19 bits per heavy atom. The summed E-state index contributed by atoms with van der Waals surface area (Å²) in [6, 6.07) is 11.3. The van der Waals surface area contributed by atoms with Gasteiger partial charge in [-0.2, -0.15) is 0 Å². The molecule has 0 radical (unpaired) electrons. The molecule has 0 fully saturated rings. The van der Waals surface area contributed by atoms with Gasteiger partial charge in [-0.15, -0.1) is 0 Å². The molecule has 2 aromatic carbocycles. The Hall–Kier alpha value is -0.980. The second kappa shape index (κ2) is 6.85. The highest BCUT2D eigenvalue weighted by atomic mass is 79.9. The van der Waals surface area contributed by atoms with E-state index in [9.17, 15) is 4.39 Å². The van der Waals surface area contributed by atoms with E-state index in [0.29, 0.717) is 22.3 Å². The third kappa shape index (κ3) is 3.81. The van der Waals surface area contributed by atoms with Crippen molar-refractivity contribution in [3.8, 4) is 0 Å².